The molecule has 0 aliphatic rings. The van der Waals surface area contributed by atoms with Crippen LogP contribution in [0.15, 0.2) is 12.5 Å². The Hall–Kier alpha value is -0.910. The first kappa shape index (κ1) is 14.2. The summed E-state index contributed by atoms with van der Waals surface area (Å²) in [4.78, 5) is 4.15. The number of rotatable bonds is 8. The van der Waals surface area contributed by atoms with E-state index in [1.807, 2.05) is 12.5 Å². The van der Waals surface area contributed by atoms with E-state index in [2.05, 4.69) is 28.7 Å². The second kappa shape index (κ2) is 7.42. The number of imidazole rings is 1. The zero-order valence-corrected chi connectivity index (χ0v) is 10.9. The van der Waals surface area contributed by atoms with E-state index in [0.717, 1.165) is 12.1 Å². The van der Waals surface area contributed by atoms with E-state index in [0.29, 0.717) is 19.2 Å². The number of aromatic nitrogens is 2. The number of nitrogens with zero attached hydrogens (tertiary/aromatic N) is 2. The van der Waals surface area contributed by atoms with Gasteiger partial charge in [0.2, 0.25) is 0 Å². The van der Waals surface area contributed by atoms with Gasteiger partial charge in [-0.25, -0.2) is 4.98 Å². The number of nitrogens with one attached hydrogen (secondary N) is 1. The Labute approximate surface area is 103 Å². The van der Waals surface area contributed by atoms with Crippen molar-refractivity contribution < 1.29 is 9.84 Å². The van der Waals surface area contributed by atoms with Crippen LogP contribution in [0.25, 0.3) is 0 Å². The van der Waals surface area contributed by atoms with Gasteiger partial charge >= 0.3 is 0 Å². The molecule has 0 aliphatic heterocycles. The van der Waals surface area contributed by atoms with Crippen LogP contribution in [0, 0.1) is 0 Å². The lowest BCUT2D eigenvalue weighted by atomic mass is 10.2. The summed E-state index contributed by atoms with van der Waals surface area (Å²) in [5.74, 6) is 0. The standard InChI is InChI=1S/C12H23N3O2/c1-10(2)15-9-13-6-12(15)7-14-11(8-16)4-5-17-3/h6,9-11,14,16H,4-5,7-8H2,1-3H3. The van der Waals surface area contributed by atoms with E-state index in [4.69, 9.17) is 4.74 Å². The average molecular weight is 241 g/mol. The number of aliphatic hydroxyl groups excluding tert-OH is 1. The predicted octanol–water partition coefficient (Wildman–Crippen LogP) is 0.951. The summed E-state index contributed by atoms with van der Waals surface area (Å²) < 4.78 is 7.13. The first-order valence-electron chi connectivity index (χ1n) is 6.03. The van der Waals surface area contributed by atoms with Crippen molar-refractivity contribution in [1.82, 2.24) is 14.9 Å². The van der Waals surface area contributed by atoms with Gasteiger partial charge in [-0.2, -0.15) is 0 Å². The largest absolute Gasteiger partial charge is 0.395 e. The van der Waals surface area contributed by atoms with Gasteiger partial charge in [-0.1, -0.05) is 0 Å². The monoisotopic (exact) mass is 241 g/mol. The van der Waals surface area contributed by atoms with Gasteiger partial charge in [-0.15, -0.1) is 0 Å². The first-order valence-corrected chi connectivity index (χ1v) is 6.03. The number of methoxy groups -OCH3 is 1. The van der Waals surface area contributed by atoms with Gasteiger partial charge in [-0.3, -0.25) is 0 Å². The van der Waals surface area contributed by atoms with Crippen LogP contribution in [0.1, 0.15) is 32.0 Å². The maximum Gasteiger partial charge on any atom is 0.0951 e. The highest BCUT2D eigenvalue weighted by Gasteiger charge is 2.09. The van der Waals surface area contributed by atoms with Gasteiger partial charge in [0.15, 0.2) is 0 Å². The molecule has 17 heavy (non-hydrogen) atoms. The number of ether oxygens (including phenoxy) is 1. The van der Waals surface area contributed by atoms with Crippen LogP contribution in [0.2, 0.25) is 0 Å². The van der Waals surface area contributed by atoms with E-state index in [-0.39, 0.29) is 12.6 Å². The first-order chi connectivity index (χ1) is 8.19. The average Bonchev–Trinajstić information content (AvgIpc) is 2.78. The molecule has 0 fully saturated rings. The van der Waals surface area contributed by atoms with Crippen LogP contribution in [-0.2, 0) is 11.3 Å². The van der Waals surface area contributed by atoms with Crippen LogP contribution < -0.4 is 5.32 Å². The molecule has 0 saturated heterocycles. The Morgan fingerprint density at radius 2 is 2.29 bits per heavy atom. The molecule has 1 aromatic rings. The molecule has 0 aromatic carbocycles. The molecule has 1 unspecified atom stereocenters. The Balaban J connectivity index is 2.45. The van der Waals surface area contributed by atoms with Crippen molar-refractivity contribution in [3.8, 4) is 0 Å². The summed E-state index contributed by atoms with van der Waals surface area (Å²) in [7, 11) is 1.67. The van der Waals surface area contributed by atoms with E-state index in [9.17, 15) is 5.11 Å². The second-order valence-corrected chi connectivity index (χ2v) is 4.43. The zero-order valence-electron chi connectivity index (χ0n) is 10.9. The molecule has 1 atom stereocenters. The van der Waals surface area contributed by atoms with Crippen LogP contribution in [0.5, 0.6) is 0 Å². The molecule has 2 N–H and O–H groups in total. The summed E-state index contributed by atoms with van der Waals surface area (Å²) in [6.07, 6.45) is 4.51. The third-order valence-corrected chi connectivity index (χ3v) is 2.77. The minimum Gasteiger partial charge on any atom is -0.395 e. The fourth-order valence-corrected chi connectivity index (χ4v) is 1.70. The molecule has 5 heteroatoms. The number of hydrogen-bond donors (Lipinski definition) is 2. The Morgan fingerprint density at radius 1 is 1.53 bits per heavy atom. The van der Waals surface area contributed by atoms with E-state index in [1.165, 1.54) is 0 Å². The fraction of sp³-hybridized carbons (Fsp3) is 0.750. The minimum atomic E-state index is 0.0745. The Kier molecular flexibility index (Phi) is 6.18. The summed E-state index contributed by atoms with van der Waals surface area (Å²) in [6.45, 7) is 5.74. The molecule has 98 valence electrons. The molecule has 0 radical (unpaired) electrons. The lowest BCUT2D eigenvalue weighted by Gasteiger charge is -2.17. The zero-order chi connectivity index (χ0) is 12.7. The topological polar surface area (TPSA) is 59.3 Å². The SMILES string of the molecule is COCCC(CO)NCc1cncn1C(C)C. The van der Waals surface area contributed by atoms with Gasteiger partial charge in [-0.05, 0) is 20.3 Å². The summed E-state index contributed by atoms with van der Waals surface area (Å²) >= 11 is 0. The highest BCUT2D eigenvalue weighted by molar-refractivity contribution is 4.99. The van der Waals surface area contributed by atoms with Crippen LogP contribution in [-0.4, -0.2) is 41.0 Å². The summed E-state index contributed by atoms with van der Waals surface area (Å²) in [5, 5.41) is 12.5. The van der Waals surface area contributed by atoms with Crippen LogP contribution >= 0.6 is 0 Å². The van der Waals surface area contributed by atoms with Crippen LogP contribution in [0.3, 0.4) is 0 Å². The van der Waals surface area contributed by atoms with Gasteiger partial charge in [0.05, 0.1) is 18.6 Å². The van der Waals surface area contributed by atoms with Crippen molar-refractivity contribution in [2.24, 2.45) is 0 Å². The Morgan fingerprint density at radius 3 is 2.88 bits per heavy atom. The highest BCUT2D eigenvalue weighted by atomic mass is 16.5. The lowest BCUT2D eigenvalue weighted by Crippen LogP contribution is -2.33. The molecule has 1 heterocycles. The molecule has 0 aliphatic carbocycles. The summed E-state index contributed by atoms with van der Waals surface area (Å²) in [5.41, 5.74) is 1.14. The highest BCUT2D eigenvalue weighted by Crippen LogP contribution is 2.08. The molecular formula is C12H23N3O2. The van der Waals surface area contributed by atoms with Gasteiger partial charge in [0.25, 0.3) is 0 Å². The van der Waals surface area contributed by atoms with E-state index >= 15 is 0 Å². The Bertz CT molecular complexity index is 312. The number of hydrogen-bond acceptors (Lipinski definition) is 4. The maximum absolute atomic E-state index is 9.22. The van der Waals surface area contributed by atoms with E-state index in [1.54, 1.807) is 7.11 Å². The van der Waals surface area contributed by atoms with Crippen molar-refractivity contribution in [2.75, 3.05) is 20.3 Å². The van der Waals surface area contributed by atoms with Crippen LogP contribution in [0.4, 0.5) is 0 Å². The van der Waals surface area contributed by atoms with Crippen molar-refractivity contribution >= 4 is 0 Å². The summed E-state index contributed by atoms with van der Waals surface area (Å²) in [6, 6.07) is 0.478. The van der Waals surface area contributed by atoms with Gasteiger partial charge in [0, 0.05) is 38.5 Å². The van der Waals surface area contributed by atoms with Gasteiger partial charge in [0.1, 0.15) is 0 Å². The van der Waals surface area contributed by atoms with Gasteiger partial charge < -0.3 is 19.7 Å². The lowest BCUT2D eigenvalue weighted by molar-refractivity contribution is 0.159. The molecule has 0 bridgehead atoms. The predicted molar refractivity (Wildman–Crippen MR) is 66.8 cm³/mol. The van der Waals surface area contributed by atoms with Crippen molar-refractivity contribution in [2.45, 2.75) is 38.9 Å². The van der Waals surface area contributed by atoms with Crippen molar-refractivity contribution in [3.05, 3.63) is 18.2 Å². The molecule has 0 saturated carbocycles. The molecule has 0 spiro atoms. The van der Waals surface area contributed by atoms with Crippen molar-refractivity contribution in [3.63, 3.8) is 0 Å². The quantitative estimate of drug-likeness (QED) is 0.711. The fourth-order valence-electron chi connectivity index (χ4n) is 1.70. The molecule has 5 nitrogen and oxygen atoms in total. The van der Waals surface area contributed by atoms with Crippen molar-refractivity contribution in [1.29, 1.82) is 0 Å². The molecule has 1 rings (SSSR count). The third kappa shape index (κ3) is 4.46. The normalized spacial score (nSPS) is 13.2. The minimum absolute atomic E-state index is 0.0745. The smallest absolute Gasteiger partial charge is 0.0951 e. The third-order valence-electron chi connectivity index (χ3n) is 2.77. The number of aliphatic hydroxyl groups is 1. The molecular weight excluding hydrogens is 218 g/mol. The second-order valence-electron chi connectivity index (χ2n) is 4.43. The maximum atomic E-state index is 9.22. The van der Waals surface area contributed by atoms with E-state index < -0.39 is 0 Å². The molecule has 1 aromatic heterocycles. The molecule has 0 amide bonds.